The van der Waals surface area contributed by atoms with Crippen LogP contribution in [-0.2, 0) is 14.9 Å². The summed E-state index contributed by atoms with van der Waals surface area (Å²) in [5.74, 6) is -0.412. The van der Waals surface area contributed by atoms with Crippen LogP contribution in [0.5, 0.6) is 0 Å². The summed E-state index contributed by atoms with van der Waals surface area (Å²) in [5.41, 5.74) is 0. The van der Waals surface area contributed by atoms with Gasteiger partial charge in [0.2, 0.25) is 0 Å². The number of unbranched alkanes of at least 4 members (excludes halogenated alkanes) is 3. The lowest BCUT2D eigenvalue weighted by Gasteiger charge is -2.06. The molecule has 14 heavy (non-hydrogen) atoms. The van der Waals surface area contributed by atoms with Crippen molar-refractivity contribution in [1.29, 1.82) is 0 Å². The quantitative estimate of drug-likeness (QED) is 0.387. The van der Waals surface area contributed by atoms with Gasteiger partial charge in [-0.2, -0.15) is 8.42 Å². The molecule has 0 aliphatic heterocycles. The van der Waals surface area contributed by atoms with Crippen molar-refractivity contribution >= 4 is 10.1 Å². The lowest BCUT2D eigenvalue weighted by molar-refractivity contribution is 0.208. The molecule has 4 nitrogen and oxygen atoms in total. The predicted molar refractivity (Wildman–Crippen MR) is 55.6 cm³/mol. The molecule has 0 bridgehead atoms. The molecule has 0 aliphatic rings. The first-order valence-corrected chi connectivity index (χ1v) is 6.32. The van der Waals surface area contributed by atoms with Crippen molar-refractivity contribution in [2.24, 2.45) is 0 Å². The first-order valence-electron chi connectivity index (χ1n) is 4.71. The van der Waals surface area contributed by atoms with E-state index in [1.807, 2.05) is 0 Å². The molecular formula is C9H18O4S. The van der Waals surface area contributed by atoms with Gasteiger partial charge in [-0.05, 0) is 6.42 Å². The zero-order chi connectivity index (χ0) is 11.0. The van der Waals surface area contributed by atoms with Crippen LogP contribution >= 0.6 is 0 Å². The molecule has 1 N–H and O–H groups in total. The van der Waals surface area contributed by atoms with Crippen LogP contribution in [0, 0.1) is 0 Å². The van der Waals surface area contributed by atoms with Crippen LogP contribution in [-0.4, -0.2) is 25.3 Å². The van der Waals surface area contributed by atoms with E-state index in [1.54, 1.807) is 0 Å². The molecule has 84 valence electrons. The average Bonchev–Trinajstić information content (AvgIpc) is 2.00. The van der Waals surface area contributed by atoms with Crippen LogP contribution in [0.3, 0.4) is 0 Å². The molecule has 0 spiro atoms. The first-order chi connectivity index (χ1) is 6.45. The minimum Gasteiger partial charge on any atom is -0.497 e. The number of ether oxygens (including phenoxy) is 1. The lowest BCUT2D eigenvalue weighted by Crippen LogP contribution is -2.08. The maximum absolute atomic E-state index is 10.4. The Morgan fingerprint density at radius 3 is 2.50 bits per heavy atom. The summed E-state index contributed by atoms with van der Waals surface area (Å²) in [5, 5.41) is 0. The SMILES string of the molecule is C=C(CS(=O)(=O)O)OCCCCCC. The summed E-state index contributed by atoms with van der Waals surface area (Å²) in [4.78, 5) is 0. The van der Waals surface area contributed by atoms with Crippen molar-refractivity contribution in [3.05, 3.63) is 12.3 Å². The van der Waals surface area contributed by atoms with E-state index in [-0.39, 0.29) is 5.76 Å². The molecule has 0 heterocycles. The highest BCUT2D eigenvalue weighted by atomic mass is 32.2. The van der Waals surface area contributed by atoms with E-state index in [4.69, 9.17) is 9.29 Å². The molecule has 0 aromatic heterocycles. The molecule has 0 unspecified atom stereocenters. The van der Waals surface area contributed by atoms with Gasteiger partial charge in [0.05, 0.1) is 6.61 Å². The van der Waals surface area contributed by atoms with Gasteiger partial charge >= 0.3 is 0 Å². The van der Waals surface area contributed by atoms with Gasteiger partial charge in [0.25, 0.3) is 10.1 Å². The fraction of sp³-hybridized carbons (Fsp3) is 0.778. The third kappa shape index (κ3) is 9.54. The normalized spacial score (nSPS) is 11.3. The highest BCUT2D eigenvalue weighted by Crippen LogP contribution is 2.03. The Balaban J connectivity index is 3.46. The minimum absolute atomic E-state index is 0.101. The van der Waals surface area contributed by atoms with E-state index in [0.717, 1.165) is 25.7 Å². The lowest BCUT2D eigenvalue weighted by atomic mass is 10.2. The molecule has 0 saturated carbocycles. The summed E-state index contributed by atoms with van der Waals surface area (Å²) in [6.45, 7) is 5.97. The fourth-order valence-corrected chi connectivity index (χ4v) is 1.48. The van der Waals surface area contributed by atoms with Crippen molar-refractivity contribution in [2.45, 2.75) is 32.6 Å². The highest BCUT2D eigenvalue weighted by Gasteiger charge is 2.07. The van der Waals surface area contributed by atoms with E-state index in [2.05, 4.69) is 13.5 Å². The van der Waals surface area contributed by atoms with Gasteiger partial charge in [0.15, 0.2) is 0 Å². The van der Waals surface area contributed by atoms with E-state index < -0.39 is 15.9 Å². The first kappa shape index (κ1) is 13.4. The molecule has 0 radical (unpaired) electrons. The Kier molecular flexibility index (Phi) is 6.57. The summed E-state index contributed by atoms with van der Waals surface area (Å²) < 4.78 is 34.3. The molecule has 0 amide bonds. The van der Waals surface area contributed by atoms with Crippen LogP contribution < -0.4 is 0 Å². The third-order valence-corrected chi connectivity index (χ3v) is 2.33. The largest absolute Gasteiger partial charge is 0.497 e. The second kappa shape index (κ2) is 6.84. The van der Waals surface area contributed by atoms with Crippen molar-refractivity contribution < 1.29 is 17.7 Å². The van der Waals surface area contributed by atoms with Crippen molar-refractivity contribution in [3.63, 3.8) is 0 Å². The molecule has 5 heteroatoms. The van der Waals surface area contributed by atoms with Crippen LogP contribution in [0.4, 0.5) is 0 Å². The molecular weight excluding hydrogens is 204 g/mol. The zero-order valence-electron chi connectivity index (χ0n) is 8.53. The van der Waals surface area contributed by atoms with Crippen LogP contribution in [0.2, 0.25) is 0 Å². The van der Waals surface area contributed by atoms with Crippen molar-refractivity contribution in [2.75, 3.05) is 12.4 Å². The van der Waals surface area contributed by atoms with Gasteiger partial charge in [-0.1, -0.05) is 32.8 Å². The Hall–Kier alpha value is -0.550. The van der Waals surface area contributed by atoms with Gasteiger partial charge in [-0.25, -0.2) is 0 Å². The molecule has 0 rings (SSSR count). The third-order valence-electron chi connectivity index (χ3n) is 1.65. The second-order valence-corrected chi connectivity index (χ2v) is 4.63. The van der Waals surface area contributed by atoms with E-state index in [0.29, 0.717) is 6.61 Å². The molecule has 0 aromatic carbocycles. The summed E-state index contributed by atoms with van der Waals surface area (Å²) in [6.07, 6.45) is 4.24. The Bertz CT molecular complexity index is 256. The highest BCUT2D eigenvalue weighted by molar-refractivity contribution is 7.85. The number of hydrogen-bond donors (Lipinski definition) is 1. The van der Waals surface area contributed by atoms with Gasteiger partial charge in [-0.3, -0.25) is 4.55 Å². The van der Waals surface area contributed by atoms with Gasteiger partial charge in [0, 0.05) is 0 Å². The minimum atomic E-state index is -4.00. The molecule has 0 aliphatic carbocycles. The monoisotopic (exact) mass is 222 g/mol. The summed E-state index contributed by atoms with van der Waals surface area (Å²) in [7, 11) is -4.00. The Labute approximate surface area is 85.7 Å². The van der Waals surface area contributed by atoms with E-state index in [1.165, 1.54) is 0 Å². The van der Waals surface area contributed by atoms with Gasteiger partial charge in [0.1, 0.15) is 11.5 Å². The summed E-state index contributed by atoms with van der Waals surface area (Å²) >= 11 is 0. The van der Waals surface area contributed by atoms with Crippen LogP contribution in [0.25, 0.3) is 0 Å². The summed E-state index contributed by atoms with van der Waals surface area (Å²) in [6, 6.07) is 0. The second-order valence-electron chi connectivity index (χ2n) is 3.17. The smallest absolute Gasteiger partial charge is 0.272 e. The molecule has 0 saturated heterocycles. The van der Waals surface area contributed by atoms with Crippen molar-refractivity contribution in [1.82, 2.24) is 0 Å². The maximum Gasteiger partial charge on any atom is 0.272 e. The Morgan fingerprint density at radius 2 is 2.00 bits per heavy atom. The van der Waals surface area contributed by atoms with Crippen molar-refractivity contribution in [3.8, 4) is 0 Å². The van der Waals surface area contributed by atoms with Gasteiger partial charge in [-0.15, -0.1) is 0 Å². The number of rotatable bonds is 8. The maximum atomic E-state index is 10.4. The van der Waals surface area contributed by atoms with E-state index in [9.17, 15) is 8.42 Å². The van der Waals surface area contributed by atoms with E-state index >= 15 is 0 Å². The van der Waals surface area contributed by atoms with Crippen LogP contribution in [0.15, 0.2) is 12.3 Å². The molecule has 0 fully saturated rings. The standard InChI is InChI=1S/C9H18O4S/c1-3-4-5-6-7-13-9(2)8-14(10,11)12/h2-8H2,1H3,(H,10,11,12). The zero-order valence-corrected chi connectivity index (χ0v) is 9.35. The molecule has 0 aromatic rings. The fourth-order valence-electron chi connectivity index (χ4n) is 0.990. The Morgan fingerprint density at radius 1 is 1.36 bits per heavy atom. The van der Waals surface area contributed by atoms with Crippen LogP contribution in [0.1, 0.15) is 32.6 Å². The van der Waals surface area contributed by atoms with Gasteiger partial charge < -0.3 is 4.74 Å². The predicted octanol–water partition coefficient (Wildman–Crippen LogP) is 1.98. The molecule has 0 atom stereocenters. The topological polar surface area (TPSA) is 63.6 Å². The average molecular weight is 222 g/mol. The number of hydrogen-bond acceptors (Lipinski definition) is 3.